The zero-order chi connectivity index (χ0) is 15.9. The molecule has 0 spiro atoms. The van der Waals surface area contributed by atoms with E-state index < -0.39 is 6.16 Å². The van der Waals surface area contributed by atoms with Crippen LogP contribution in [0.5, 0.6) is 0 Å². The quantitative estimate of drug-likeness (QED) is 0.781. The molecule has 22 heavy (non-hydrogen) atoms. The van der Waals surface area contributed by atoms with Gasteiger partial charge in [-0.25, -0.2) is 14.8 Å². The second kappa shape index (κ2) is 7.56. The normalized spacial score (nSPS) is 19.1. The van der Waals surface area contributed by atoms with Crippen molar-refractivity contribution >= 4 is 6.16 Å². The number of carbonyl (C=O) groups is 1. The summed E-state index contributed by atoms with van der Waals surface area (Å²) >= 11 is 0. The summed E-state index contributed by atoms with van der Waals surface area (Å²) in [4.78, 5) is 17.4. The minimum absolute atomic E-state index is 0.640. The number of imidazole rings is 1. The lowest BCUT2D eigenvalue weighted by Crippen LogP contribution is -1.98. The van der Waals surface area contributed by atoms with Gasteiger partial charge in [0.05, 0.1) is 5.69 Å². The van der Waals surface area contributed by atoms with Gasteiger partial charge in [-0.3, -0.25) is 4.57 Å². The fraction of sp³-hybridized carbons (Fsp3) is 0.400. The van der Waals surface area contributed by atoms with Crippen LogP contribution < -0.4 is 5.73 Å². The summed E-state index contributed by atoms with van der Waals surface area (Å²) in [5, 5.41) is 13.9. The van der Waals surface area contributed by atoms with E-state index in [9.17, 15) is 0 Å². The zero-order valence-corrected chi connectivity index (χ0v) is 12.2. The Morgan fingerprint density at radius 2 is 2.14 bits per heavy atom. The molecule has 2 aromatic rings. The number of nitrogens with zero attached hydrogens (tertiary/aromatic N) is 3. The molecule has 2 aromatic heterocycles. The molecule has 0 radical (unpaired) electrons. The van der Waals surface area contributed by atoms with Crippen LogP contribution in [0.3, 0.4) is 0 Å². The summed E-state index contributed by atoms with van der Waals surface area (Å²) in [6.45, 7) is 0.797. The second-order valence-corrected chi connectivity index (χ2v) is 5.21. The van der Waals surface area contributed by atoms with Crippen LogP contribution in [-0.2, 0) is 0 Å². The molecule has 1 aliphatic rings. The number of rotatable bonds is 5. The first-order valence-electron chi connectivity index (χ1n) is 7.19. The van der Waals surface area contributed by atoms with Crippen molar-refractivity contribution in [2.75, 3.05) is 6.54 Å². The van der Waals surface area contributed by atoms with Gasteiger partial charge in [-0.2, -0.15) is 0 Å². The number of pyridine rings is 1. The van der Waals surface area contributed by atoms with E-state index in [0.29, 0.717) is 5.92 Å². The number of aromatic nitrogens is 3. The first-order valence-corrected chi connectivity index (χ1v) is 7.19. The third-order valence-corrected chi connectivity index (χ3v) is 3.60. The van der Waals surface area contributed by atoms with Crippen molar-refractivity contribution in [2.24, 2.45) is 11.7 Å². The Hall–Kier alpha value is -2.41. The molecule has 118 valence electrons. The van der Waals surface area contributed by atoms with Gasteiger partial charge in [0.1, 0.15) is 12.1 Å². The largest absolute Gasteiger partial charge is 0.503 e. The van der Waals surface area contributed by atoms with Gasteiger partial charge in [0.25, 0.3) is 0 Å². The Morgan fingerprint density at radius 1 is 1.36 bits per heavy atom. The Bertz CT molecular complexity index is 596. The Balaban J connectivity index is 0.000000396. The summed E-state index contributed by atoms with van der Waals surface area (Å²) in [5.74, 6) is 2.36. The molecule has 0 saturated heterocycles. The first kappa shape index (κ1) is 16.0. The van der Waals surface area contributed by atoms with Gasteiger partial charge in [0.15, 0.2) is 0 Å². The summed E-state index contributed by atoms with van der Waals surface area (Å²) in [6, 6.07) is 5.90. The lowest BCUT2D eigenvalue weighted by atomic mass is 10.1. The van der Waals surface area contributed by atoms with Gasteiger partial charge in [-0.1, -0.05) is 6.07 Å². The Kier molecular flexibility index (Phi) is 5.48. The standard InChI is InChI=1S/C14H18N4.CH2O3/c15-6-3-4-11-8-12(11)13-9-18(10-17-13)14-5-1-2-7-16-14;2-1(3)4/h1-2,5,7,9-12H,3-4,6,8,15H2;(H2,2,3,4). The van der Waals surface area contributed by atoms with Crippen LogP contribution in [0.4, 0.5) is 4.79 Å². The fourth-order valence-electron chi connectivity index (χ4n) is 2.47. The lowest BCUT2D eigenvalue weighted by Gasteiger charge is -1.98. The topological polar surface area (TPSA) is 114 Å². The van der Waals surface area contributed by atoms with Gasteiger partial charge < -0.3 is 15.9 Å². The van der Waals surface area contributed by atoms with E-state index in [0.717, 1.165) is 24.7 Å². The zero-order valence-electron chi connectivity index (χ0n) is 12.2. The Labute approximate surface area is 128 Å². The van der Waals surface area contributed by atoms with Crippen molar-refractivity contribution in [1.82, 2.24) is 14.5 Å². The molecule has 0 amide bonds. The predicted molar refractivity (Wildman–Crippen MR) is 81.1 cm³/mol. The summed E-state index contributed by atoms with van der Waals surface area (Å²) in [5.41, 5.74) is 6.74. The number of nitrogens with two attached hydrogens (primary N) is 1. The van der Waals surface area contributed by atoms with Gasteiger partial charge in [-0.15, -0.1) is 0 Å². The molecule has 2 atom stereocenters. The molecule has 0 aliphatic heterocycles. The van der Waals surface area contributed by atoms with Crippen LogP contribution in [0.15, 0.2) is 36.9 Å². The highest BCUT2D eigenvalue weighted by molar-refractivity contribution is 5.53. The van der Waals surface area contributed by atoms with Gasteiger partial charge in [0, 0.05) is 18.3 Å². The van der Waals surface area contributed by atoms with Crippen LogP contribution in [-0.4, -0.2) is 37.4 Å². The summed E-state index contributed by atoms with van der Waals surface area (Å²) < 4.78 is 1.99. The number of carboxylic acid groups (broad SMARTS) is 2. The van der Waals surface area contributed by atoms with Gasteiger partial charge >= 0.3 is 6.16 Å². The molecule has 7 nitrogen and oxygen atoms in total. The smallest absolute Gasteiger partial charge is 0.450 e. The first-order chi connectivity index (χ1) is 10.6. The van der Waals surface area contributed by atoms with E-state index in [2.05, 4.69) is 16.2 Å². The molecular weight excluding hydrogens is 284 g/mol. The van der Waals surface area contributed by atoms with E-state index in [1.807, 2.05) is 29.1 Å². The van der Waals surface area contributed by atoms with Gasteiger partial charge in [-0.05, 0) is 43.9 Å². The van der Waals surface area contributed by atoms with Crippen molar-refractivity contribution in [3.8, 4) is 5.82 Å². The highest BCUT2D eigenvalue weighted by Crippen LogP contribution is 2.49. The maximum Gasteiger partial charge on any atom is 0.503 e. The molecule has 7 heteroatoms. The molecule has 4 N–H and O–H groups in total. The fourth-order valence-corrected chi connectivity index (χ4v) is 2.47. The number of hydrogen-bond donors (Lipinski definition) is 3. The molecule has 3 rings (SSSR count). The monoisotopic (exact) mass is 304 g/mol. The maximum absolute atomic E-state index is 8.56. The highest BCUT2D eigenvalue weighted by atomic mass is 16.6. The summed E-state index contributed by atoms with van der Waals surface area (Å²) in [6.07, 6.45) is 7.56. The van der Waals surface area contributed by atoms with E-state index >= 15 is 0 Å². The predicted octanol–water partition coefficient (Wildman–Crippen LogP) is 2.33. The average Bonchev–Trinajstić information content (AvgIpc) is 3.11. The van der Waals surface area contributed by atoms with Crippen LogP contribution in [0.25, 0.3) is 5.82 Å². The second-order valence-electron chi connectivity index (χ2n) is 5.21. The van der Waals surface area contributed by atoms with Gasteiger partial charge in [0.2, 0.25) is 0 Å². The Morgan fingerprint density at radius 3 is 2.77 bits per heavy atom. The van der Waals surface area contributed by atoms with Crippen molar-refractivity contribution in [2.45, 2.75) is 25.2 Å². The molecule has 1 saturated carbocycles. The third kappa shape index (κ3) is 4.56. The molecule has 1 fully saturated rings. The van der Waals surface area contributed by atoms with Crippen LogP contribution in [0.1, 0.15) is 30.9 Å². The van der Waals surface area contributed by atoms with Crippen molar-refractivity contribution < 1.29 is 15.0 Å². The van der Waals surface area contributed by atoms with E-state index in [1.165, 1.54) is 18.5 Å². The molecular formula is C15H20N4O3. The summed E-state index contributed by atoms with van der Waals surface area (Å²) in [7, 11) is 0. The lowest BCUT2D eigenvalue weighted by molar-refractivity contribution is 0.137. The van der Waals surface area contributed by atoms with E-state index in [-0.39, 0.29) is 0 Å². The SMILES string of the molecule is NCCCC1CC1c1cn(-c2ccccn2)cn1.O=C(O)O. The maximum atomic E-state index is 8.56. The van der Waals surface area contributed by atoms with Crippen molar-refractivity contribution in [3.05, 3.63) is 42.6 Å². The van der Waals surface area contributed by atoms with Crippen LogP contribution in [0.2, 0.25) is 0 Å². The highest BCUT2D eigenvalue weighted by Gasteiger charge is 2.39. The van der Waals surface area contributed by atoms with Crippen molar-refractivity contribution in [1.29, 1.82) is 0 Å². The minimum Gasteiger partial charge on any atom is -0.450 e. The van der Waals surface area contributed by atoms with Crippen LogP contribution in [0, 0.1) is 5.92 Å². The van der Waals surface area contributed by atoms with Crippen molar-refractivity contribution in [3.63, 3.8) is 0 Å². The van der Waals surface area contributed by atoms with E-state index in [1.54, 1.807) is 6.20 Å². The molecule has 2 heterocycles. The number of hydrogen-bond acceptors (Lipinski definition) is 4. The van der Waals surface area contributed by atoms with E-state index in [4.69, 9.17) is 20.7 Å². The third-order valence-electron chi connectivity index (χ3n) is 3.60. The molecule has 1 aliphatic carbocycles. The van der Waals surface area contributed by atoms with Crippen LogP contribution >= 0.6 is 0 Å². The molecule has 0 bridgehead atoms. The minimum atomic E-state index is -1.83. The average molecular weight is 304 g/mol. The molecule has 2 unspecified atom stereocenters. The molecule has 0 aromatic carbocycles.